The maximum atomic E-state index is 13.8. The summed E-state index contributed by atoms with van der Waals surface area (Å²) in [6, 6.07) is 7.45. The minimum Gasteiger partial charge on any atom is -0.384 e. The molecule has 5 rings (SSSR count). The summed E-state index contributed by atoms with van der Waals surface area (Å²) in [6.07, 6.45) is -9.36. The lowest BCUT2D eigenvalue weighted by Gasteiger charge is -2.62. The van der Waals surface area contributed by atoms with Crippen molar-refractivity contribution >= 4 is 9.84 Å². The Hall–Kier alpha value is -1.33. The van der Waals surface area contributed by atoms with Gasteiger partial charge in [-0.05, 0) is 123 Å². The molecule has 1 aromatic rings. The average Bonchev–Trinajstić information content (AvgIpc) is 3.28. The van der Waals surface area contributed by atoms with Crippen molar-refractivity contribution in [3.63, 3.8) is 0 Å². The van der Waals surface area contributed by atoms with Crippen LogP contribution in [0.15, 0.2) is 35.2 Å². The summed E-state index contributed by atoms with van der Waals surface area (Å²) in [6.45, 7) is 5.94. The maximum absolute atomic E-state index is 13.8. The van der Waals surface area contributed by atoms with E-state index in [0.29, 0.717) is 19.3 Å². The van der Waals surface area contributed by atoms with Crippen LogP contribution >= 0.6 is 0 Å². The Bertz CT molecular complexity index is 1270. The van der Waals surface area contributed by atoms with E-state index in [-0.39, 0.29) is 58.2 Å². The number of halogens is 6. The van der Waals surface area contributed by atoms with E-state index in [4.69, 9.17) is 0 Å². The van der Waals surface area contributed by atoms with Crippen molar-refractivity contribution < 1.29 is 45.0 Å². The molecule has 4 aliphatic carbocycles. The Labute approximate surface area is 250 Å². The first-order valence-electron chi connectivity index (χ1n) is 15.6. The third-order valence-electron chi connectivity index (χ3n) is 12.9. The summed E-state index contributed by atoms with van der Waals surface area (Å²) in [4.78, 5) is -0.0630. The minimum atomic E-state index is -4.95. The standard InChI is InChI=1S/C32H44F6O4S/c1-19(26(17-27(39)31(33,34)35)43(41,42)21-7-5-4-6-8-21)23-11-12-24-22-10-9-20-18-30(40,32(36,37)38)16-15-28(20,2)25(22)13-14-29(23,24)3/h4-8,19-20,22-27,39-40H,9-18H2,1-3H3/t19-,20-,22-,23+,24-,25-,26?,27+,28-,29+,30-/m0/s1. The van der Waals surface area contributed by atoms with E-state index >= 15 is 0 Å². The zero-order valence-corrected chi connectivity index (χ0v) is 25.8. The normalized spacial score (nSPS) is 40.6. The topological polar surface area (TPSA) is 74.6 Å². The van der Waals surface area contributed by atoms with Gasteiger partial charge in [-0.15, -0.1) is 0 Å². The van der Waals surface area contributed by atoms with Gasteiger partial charge in [0.15, 0.2) is 21.5 Å². The molecule has 0 heterocycles. The van der Waals surface area contributed by atoms with Gasteiger partial charge >= 0.3 is 12.4 Å². The number of hydrogen-bond acceptors (Lipinski definition) is 4. The summed E-state index contributed by atoms with van der Waals surface area (Å²) >= 11 is 0. The molecule has 43 heavy (non-hydrogen) atoms. The lowest BCUT2D eigenvalue weighted by Crippen LogP contribution is -2.59. The number of aliphatic hydroxyl groups excluding tert-OH is 1. The molecule has 244 valence electrons. The second kappa shape index (κ2) is 10.9. The highest BCUT2D eigenvalue weighted by Crippen LogP contribution is 2.69. The van der Waals surface area contributed by atoms with Gasteiger partial charge in [0.25, 0.3) is 0 Å². The molecule has 0 aliphatic heterocycles. The number of hydrogen-bond donors (Lipinski definition) is 2. The fourth-order valence-corrected chi connectivity index (χ4v) is 12.5. The fraction of sp³-hybridized carbons (Fsp3) is 0.812. The molecule has 11 heteroatoms. The van der Waals surface area contributed by atoms with Crippen LogP contribution in [0.4, 0.5) is 26.3 Å². The van der Waals surface area contributed by atoms with Crippen LogP contribution in [0.3, 0.4) is 0 Å². The molecule has 1 unspecified atom stereocenters. The van der Waals surface area contributed by atoms with Gasteiger partial charge < -0.3 is 10.2 Å². The van der Waals surface area contributed by atoms with Crippen LogP contribution in [0.5, 0.6) is 0 Å². The number of aliphatic hydroxyl groups is 2. The molecule has 0 radical (unpaired) electrons. The fourth-order valence-electron chi connectivity index (χ4n) is 10.4. The van der Waals surface area contributed by atoms with Crippen LogP contribution in [0, 0.1) is 46.3 Å². The summed E-state index contributed by atoms with van der Waals surface area (Å²) < 4.78 is 109. The van der Waals surface area contributed by atoms with Gasteiger partial charge in [-0.25, -0.2) is 8.42 Å². The summed E-state index contributed by atoms with van der Waals surface area (Å²) in [7, 11) is -4.21. The van der Waals surface area contributed by atoms with Gasteiger partial charge in [0.05, 0.1) is 10.1 Å². The van der Waals surface area contributed by atoms with Crippen LogP contribution in [-0.2, 0) is 9.84 Å². The van der Waals surface area contributed by atoms with Crippen LogP contribution in [0.25, 0.3) is 0 Å². The number of fused-ring (bicyclic) bond motifs is 5. The second-order valence-electron chi connectivity index (χ2n) is 14.7. The SMILES string of the molecule is C[C@H](C(C[C@@H](O)C(F)(F)F)S(=O)(=O)c1ccccc1)[C@H]1CC[C@H]2[C@@H]3CC[C@H]4C[C@](O)(C(F)(F)F)CC[C@]4(C)[C@H]3CC[C@]12C. The van der Waals surface area contributed by atoms with Crippen molar-refractivity contribution in [2.75, 3.05) is 0 Å². The van der Waals surface area contributed by atoms with Crippen molar-refractivity contribution in [2.45, 2.75) is 119 Å². The van der Waals surface area contributed by atoms with E-state index in [0.717, 1.165) is 25.7 Å². The third kappa shape index (κ3) is 5.45. The second-order valence-corrected chi connectivity index (χ2v) is 16.8. The van der Waals surface area contributed by atoms with Gasteiger partial charge in [0.2, 0.25) is 0 Å². The van der Waals surface area contributed by atoms with Crippen LogP contribution in [0.2, 0.25) is 0 Å². The minimum absolute atomic E-state index is 0.0630. The van der Waals surface area contributed by atoms with Crippen LogP contribution in [-0.4, -0.2) is 47.9 Å². The summed E-state index contributed by atoms with van der Waals surface area (Å²) in [5.41, 5.74) is -3.32. The highest BCUT2D eigenvalue weighted by molar-refractivity contribution is 7.92. The van der Waals surface area contributed by atoms with Crippen LogP contribution < -0.4 is 0 Å². The lowest BCUT2D eigenvalue weighted by molar-refractivity contribution is -0.290. The first-order valence-corrected chi connectivity index (χ1v) is 17.1. The van der Waals surface area contributed by atoms with E-state index in [2.05, 4.69) is 13.8 Å². The summed E-state index contributed by atoms with van der Waals surface area (Å²) in [5, 5.41) is 19.1. The van der Waals surface area contributed by atoms with E-state index in [1.54, 1.807) is 13.0 Å². The molecule has 0 amide bonds. The molecule has 2 N–H and O–H groups in total. The Balaban J connectivity index is 1.41. The Kier molecular flexibility index (Phi) is 8.37. The van der Waals surface area contributed by atoms with E-state index in [1.165, 1.54) is 24.3 Å². The van der Waals surface area contributed by atoms with E-state index in [9.17, 15) is 45.0 Å². The maximum Gasteiger partial charge on any atom is 0.417 e. The van der Waals surface area contributed by atoms with Gasteiger partial charge in [-0.3, -0.25) is 0 Å². The zero-order valence-electron chi connectivity index (χ0n) is 25.0. The van der Waals surface area contributed by atoms with Gasteiger partial charge in [0.1, 0.15) is 0 Å². The van der Waals surface area contributed by atoms with Gasteiger partial charge in [0, 0.05) is 0 Å². The predicted molar refractivity (Wildman–Crippen MR) is 149 cm³/mol. The molecular formula is C32H44F6O4S. The molecular weight excluding hydrogens is 594 g/mol. The Morgan fingerprint density at radius 1 is 0.884 bits per heavy atom. The monoisotopic (exact) mass is 638 g/mol. The van der Waals surface area contributed by atoms with Gasteiger partial charge in [-0.2, -0.15) is 26.3 Å². The van der Waals surface area contributed by atoms with Gasteiger partial charge in [-0.1, -0.05) is 39.0 Å². The van der Waals surface area contributed by atoms with Crippen LogP contribution in [0.1, 0.15) is 85.0 Å². The van der Waals surface area contributed by atoms with E-state index in [1.807, 2.05) is 0 Å². The first-order chi connectivity index (χ1) is 19.8. The van der Waals surface area contributed by atoms with Crippen molar-refractivity contribution in [1.82, 2.24) is 0 Å². The largest absolute Gasteiger partial charge is 0.417 e. The number of benzene rings is 1. The molecule has 4 fully saturated rings. The first kappa shape index (κ1) is 33.0. The molecule has 0 aromatic heterocycles. The van der Waals surface area contributed by atoms with Crippen molar-refractivity contribution in [2.24, 2.45) is 46.3 Å². The molecule has 0 saturated heterocycles. The third-order valence-corrected chi connectivity index (χ3v) is 15.2. The molecule has 4 saturated carbocycles. The number of alkyl halides is 6. The molecule has 0 spiro atoms. The highest BCUT2D eigenvalue weighted by atomic mass is 32.2. The summed E-state index contributed by atoms with van der Waals surface area (Å²) in [5.74, 6) is -0.468. The molecule has 11 atom stereocenters. The molecule has 4 aliphatic rings. The number of rotatable bonds is 6. The Morgan fingerprint density at radius 3 is 2.12 bits per heavy atom. The molecule has 1 aromatic carbocycles. The predicted octanol–water partition coefficient (Wildman–Crippen LogP) is 7.73. The number of sulfone groups is 1. The highest BCUT2D eigenvalue weighted by Gasteiger charge is 2.65. The zero-order chi connectivity index (χ0) is 31.8. The Morgan fingerprint density at radius 2 is 1.51 bits per heavy atom. The molecule has 4 nitrogen and oxygen atoms in total. The smallest absolute Gasteiger partial charge is 0.384 e. The van der Waals surface area contributed by atoms with Crippen molar-refractivity contribution in [3.8, 4) is 0 Å². The average molecular weight is 639 g/mol. The molecule has 0 bridgehead atoms. The quantitative estimate of drug-likeness (QED) is 0.313. The lowest BCUT2D eigenvalue weighted by atomic mass is 9.43. The van der Waals surface area contributed by atoms with Crippen molar-refractivity contribution in [1.29, 1.82) is 0 Å². The van der Waals surface area contributed by atoms with E-state index < -0.39 is 51.5 Å². The van der Waals surface area contributed by atoms with Crippen molar-refractivity contribution in [3.05, 3.63) is 30.3 Å².